The van der Waals surface area contributed by atoms with E-state index in [4.69, 9.17) is 26.1 Å². The number of nitrogens with one attached hydrogen (secondary N) is 1. The van der Waals surface area contributed by atoms with Crippen LogP contribution in [0.4, 0.5) is 5.69 Å². The van der Waals surface area contributed by atoms with Gasteiger partial charge in [-0.25, -0.2) is 4.98 Å². The van der Waals surface area contributed by atoms with Crippen LogP contribution in [0.5, 0.6) is 11.5 Å². The third kappa shape index (κ3) is 7.72. The molecule has 0 radical (unpaired) electrons. The molecule has 0 fully saturated rings. The minimum Gasteiger partial charge on any atom is -0.486 e. The van der Waals surface area contributed by atoms with Crippen molar-refractivity contribution in [2.45, 2.75) is 65.7 Å². The van der Waals surface area contributed by atoms with Gasteiger partial charge in [-0.2, -0.15) is 5.10 Å². The molecule has 0 saturated heterocycles. The van der Waals surface area contributed by atoms with Gasteiger partial charge in [0.25, 0.3) is 0 Å². The van der Waals surface area contributed by atoms with E-state index in [9.17, 15) is 0 Å². The molecule has 1 aromatic heterocycles. The number of anilines is 1. The smallest absolute Gasteiger partial charge is 0.161 e. The Morgan fingerprint density at radius 1 is 0.905 bits per heavy atom. The van der Waals surface area contributed by atoms with Crippen LogP contribution in [0, 0.1) is 0 Å². The van der Waals surface area contributed by atoms with E-state index in [0.29, 0.717) is 31.5 Å². The summed E-state index contributed by atoms with van der Waals surface area (Å²) in [7, 11) is 0. The van der Waals surface area contributed by atoms with Crippen LogP contribution in [0.25, 0.3) is 11.4 Å². The molecule has 1 aliphatic rings. The van der Waals surface area contributed by atoms with E-state index in [-0.39, 0.29) is 0 Å². The Morgan fingerprint density at radius 3 is 2.40 bits per heavy atom. The molecule has 0 atom stereocenters. The summed E-state index contributed by atoms with van der Waals surface area (Å²) in [5.41, 5.74) is 8.56. The summed E-state index contributed by atoms with van der Waals surface area (Å²) in [6.07, 6.45) is 6.10. The van der Waals surface area contributed by atoms with Gasteiger partial charge in [0.2, 0.25) is 0 Å². The number of halogens is 1. The maximum absolute atomic E-state index is 6.90. The summed E-state index contributed by atoms with van der Waals surface area (Å²) in [6, 6.07) is 25.0. The summed E-state index contributed by atoms with van der Waals surface area (Å²) in [5.74, 6) is 2.52. The van der Waals surface area contributed by atoms with Gasteiger partial charge in [0, 0.05) is 38.0 Å². The average molecular weight is 586 g/mol. The average Bonchev–Trinajstić information content (AvgIpc) is 3.33. The Morgan fingerprint density at radius 2 is 1.64 bits per heavy atom. The summed E-state index contributed by atoms with van der Waals surface area (Å²) in [4.78, 5) is 7.27. The number of nitrogens with zero attached hydrogens (tertiary/aromatic N) is 4. The van der Waals surface area contributed by atoms with Crippen molar-refractivity contribution in [1.82, 2.24) is 14.5 Å². The van der Waals surface area contributed by atoms with Crippen LogP contribution in [0.3, 0.4) is 0 Å². The van der Waals surface area contributed by atoms with Gasteiger partial charge in [-0.1, -0.05) is 86.8 Å². The molecule has 42 heavy (non-hydrogen) atoms. The van der Waals surface area contributed by atoms with Crippen LogP contribution in [0.2, 0.25) is 5.15 Å². The molecule has 0 saturated carbocycles. The van der Waals surface area contributed by atoms with Crippen molar-refractivity contribution in [2.75, 3.05) is 18.6 Å². The number of hydrogen-bond donors (Lipinski definition) is 1. The first-order chi connectivity index (χ1) is 20.6. The fourth-order valence-corrected chi connectivity index (χ4v) is 5.29. The number of unbranched alkanes of at least 4 members (excludes halogenated alkanes) is 2. The second kappa shape index (κ2) is 14.9. The van der Waals surface area contributed by atoms with Gasteiger partial charge >= 0.3 is 0 Å². The van der Waals surface area contributed by atoms with Gasteiger partial charge in [0.15, 0.2) is 16.7 Å². The number of ether oxygens (including phenoxy) is 2. The van der Waals surface area contributed by atoms with E-state index in [1.54, 1.807) is 0 Å². The van der Waals surface area contributed by atoms with E-state index in [1.165, 1.54) is 5.56 Å². The highest BCUT2D eigenvalue weighted by Crippen LogP contribution is 2.32. The lowest BCUT2D eigenvalue weighted by atomic mass is 10.1. The van der Waals surface area contributed by atoms with Crippen LogP contribution in [-0.2, 0) is 26.2 Å². The summed E-state index contributed by atoms with van der Waals surface area (Å²) >= 11 is 6.90. The molecule has 3 aromatic carbocycles. The van der Waals surface area contributed by atoms with Crippen molar-refractivity contribution in [1.29, 1.82) is 0 Å². The lowest BCUT2D eigenvalue weighted by Crippen LogP contribution is -2.24. The van der Waals surface area contributed by atoms with Crippen LogP contribution in [0.15, 0.2) is 77.9 Å². The summed E-state index contributed by atoms with van der Waals surface area (Å²) in [6.45, 7) is 8.48. The Kier molecular flexibility index (Phi) is 10.5. The lowest BCUT2D eigenvalue weighted by Gasteiger charge is -2.25. The first-order valence-corrected chi connectivity index (χ1v) is 15.3. The highest BCUT2D eigenvalue weighted by atomic mass is 35.5. The number of benzene rings is 3. The normalized spacial score (nSPS) is 12.8. The highest BCUT2D eigenvalue weighted by molar-refractivity contribution is 6.30. The van der Waals surface area contributed by atoms with Crippen LogP contribution in [0.1, 0.15) is 56.4 Å². The molecular formula is C34H40ClN5O2. The SMILES string of the molecule is CCC/C=N\Nc1ccc(CN(Cc2ccc3c(c2)OCCO3)Cc2c(Cl)nc(-c3ccccc3)n2CCCC)cc1. The number of aromatic nitrogens is 2. The van der Waals surface area contributed by atoms with Gasteiger partial charge in [0.1, 0.15) is 19.0 Å². The van der Waals surface area contributed by atoms with Crippen molar-refractivity contribution < 1.29 is 9.47 Å². The molecule has 0 bridgehead atoms. The second-order valence-corrected chi connectivity index (χ2v) is 10.9. The van der Waals surface area contributed by atoms with Crippen molar-refractivity contribution >= 4 is 23.5 Å². The van der Waals surface area contributed by atoms with Gasteiger partial charge in [0.05, 0.1) is 11.4 Å². The first-order valence-electron chi connectivity index (χ1n) is 14.9. The zero-order valence-corrected chi connectivity index (χ0v) is 25.3. The van der Waals surface area contributed by atoms with Gasteiger partial charge in [-0.3, -0.25) is 10.3 Å². The zero-order chi connectivity index (χ0) is 29.1. The number of rotatable bonds is 14. The van der Waals surface area contributed by atoms with Crippen LogP contribution < -0.4 is 14.9 Å². The number of hydrazone groups is 1. The molecule has 8 heteroatoms. The fraction of sp³-hybridized carbons (Fsp3) is 0.353. The maximum atomic E-state index is 6.90. The Bertz CT molecular complexity index is 1450. The second-order valence-electron chi connectivity index (χ2n) is 10.6. The lowest BCUT2D eigenvalue weighted by molar-refractivity contribution is 0.170. The number of imidazole rings is 1. The maximum Gasteiger partial charge on any atom is 0.161 e. The third-order valence-electron chi connectivity index (χ3n) is 7.24. The molecule has 0 amide bonds. The van der Waals surface area contributed by atoms with Crippen molar-refractivity contribution in [3.05, 3.63) is 94.8 Å². The molecule has 1 N–H and O–H groups in total. The van der Waals surface area contributed by atoms with Gasteiger partial charge < -0.3 is 14.0 Å². The van der Waals surface area contributed by atoms with Gasteiger partial charge in [-0.05, 0) is 48.2 Å². The molecule has 0 spiro atoms. The predicted molar refractivity (Wildman–Crippen MR) is 171 cm³/mol. The standard InChI is InChI=1S/C34H40ClN5O2/c1-3-5-18-36-38-29-15-12-26(13-16-29)23-39(24-27-14-17-31-32(22-27)42-21-20-41-31)25-30-33(35)37-34(40(30)19-6-4-2)28-10-8-7-9-11-28/h7-18,22,38H,3-6,19-21,23-25H2,1-2H3/b36-18-. The Labute approximate surface area is 254 Å². The molecule has 7 nitrogen and oxygen atoms in total. The summed E-state index contributed by atoms with van der Waals surface area (Å²) < 4.78 is 13.9. The number of hydrogen-bond acceptors (Lipinski definition) is 6. The van der Waals surface area contributed by atoms with E-state index in [2.05, 4.69) is 82.4 Å². The molecule has 1 aliphatic heterocycles. The highest BCUT2D eigenvalue weighted by Gasteiger charge is 2.21. The molecule has 0 unspecified atom stereocenters. The molecule has 220 valence electrons. The van der Waals surface area contributed by atoms with E-state index in [0.717, 1.165) is 78.6 Å². The minimum atomic E-state index is 0.557. The van der Waals surface area contributed by atoms with Crippen molar-refractivity contribution in [3.8, 4) is 22.9 Å². The van der Waals surface area contributed by atoms with Crippen LogP contribution in [-0.4, -0.2) is 33.9 Å². The molecule has 2 heterocycles. The monoisotopic (exact) mass is 585 g/mol. The Balaban J connectivity index is 1.43. The van der Waals surface area contributed by atoms with E-state index >= 15 is 0 Å². The third-order valence-corrected chi connectivity index (χ3v) is 7.54. The molecule has 0 aliphatic carbocycles. The minimum absolute atomic E-state index is 0.557. The topological polar surface area (TPSA) is 63.9 Å². The van der Waals surface area contributed by atoms with Crippen LogP contribution >= 0.6 is 11.6 Å². The zero-order valence-electron chi connectivity index (χ0n) is 24.6. The summed E-state index contributed by atoms with van der Waals surface area (Å²) in [5, 5.41) is 4.87. The van der Waals surface area contributed by atoms with E-state index in [1.807, 2.05) is 30.5 Å². The molecule has 5 rings (SSSR count). The quantitative estimate of drug-likeness (QED) is 0.119. The Hall–Kier alpha value is -3.81. The molecular weight excluding hydrogens is 546 g/mol. The van der Waals surface area contributed by atoms with E-state index < -0.39 is 0 Å². The van der Waals surface area contributed by atoms with Gasteiger partial charge in [-0.15, -0.1) is 0 Å². The first kappa shape index (κ1) is 29.7. The van der Waals surface area contributed by atoms with Crippen molar-refractivity contribution in [2.24, 2.45) is 5.10 Å². The van der Waals surface area contributed by atoms with Crippen molar-refractivity contribution in [3.63, 3.8) is 0 Å². The fourth-order valence-electron chi connectivity index (χ4n) is 5.05. The number of fused-ring (bicyclic) bond motifs is 1. The predicted octanol–water partition coefficient (Wildman–Crippen LogP) is 8.18. The molecule has 4 aromatic rings. The largest absolute Gasteiger partial charge is 0.486 e.